The molecule has 0 saturated carbocycles. The summed E-state index contributed by atoms with van der Waals surface area (Å²) < 4.78 is 5.82. The Morgan fingerprint density at radius 2 is 1.84 bits per heavy atom. The van der Waals surface area contributed by atoms with Gasteiger partial charge in [-0.05, 0) is 49.1 Å². The lowest BCUT2D eigenvalue weighted by molar-refractivity contribution is 0.000903. The fraction of sp³-hybridized carbons (Fsp3) is 0.300. The number of nitrogens with one attached hydrogen (secondary N) is 1. The first-order chi connectivity index (χ1) is 12.0. The molecule has 5 heteroatoms. The van der Waals surface area contributed by atoms with Gasteiger partial charge < -0.3 is 15.2 Å². The maximum Gasteiger partial charge on any atom is 0.335 e. The van der Waals surface area contributed by atoms with Crippen LogP contribution in [0.5, 0.6) is 0 Å². The van der Waals surface area contributed by atoms with E-state index in [2.05, 4.69) is 5.32 Å². The van der Waals surface area contributed by atoms with Gasteiger partial charge in [-0.2, -0.15) is 0 Å². The van der Waals surface area contributed by atoms with Crippen molar-refractivity contribution in [2.75, 3.05) is 6.61 Å². The third-order valence-electron chi connectivity index (χ3n) is 4.38. The summed E-state index contributed by atoms with van der Waals surface area (Å²) in [6, 6.07) is 14.6. The van der Waals surface area contributed by atoms with Crippen molar-refractivity contribution in [3.05, 3.63) is 70.8 Å². The van der Waals surface area contributed by atoms with Crippen LogP contribution in [0, 0.1) is 6.92 Å². The number of amides is 1. The number of hydrogen-bond donors (Lipinski definition) is 2. The fourth-order valence-corrected chi connectivity index (χ4v) is 3.13. The Morgan fingerprint density at radius 1 is 1.12 bits per heavy atom. The van der Waals surface area contributed by atoms with Gasteiger partial charge in [0.15, 0.2) is 0 Å². The van der Waals surface area contributed by atoms with Crippen LogP contribution in [0.15, 0.2) is 48.5 Å². The lowest BCUT2D eigenvalue weighted by Gasteiger charge is -2.30. The molecular formula is C20H21NO4. The fourth-order valence-electron chi connectivity index (χ4n) is 3.13. The number of aryl methyl sites for hydroxylation is 1. The maximum absolute atomic E-state index is 12.5. The second-order valence-electron chi connectivity index (χ2n) is 6.36. The Balaban J connectivity index is 1.69. The summed E-state index contributed by atoms with van der Waals surface area (Å²) in [6.45, 7) is 2.36. The smallest absolute Gasteiger partial charge is 0.335 e. The van der Waals surface area contributed by atoms with Crippen molar-refractivity contribution in [1.29, 1.82) is 0 Å². The molecule has 1 heterocycles. The molecule has 5 nitrogen and oxygen atoms in total. The van der Waals surface area contributed by atoms with Gasteiger partial charge >= 0.3 is 5.97 Å². The van der Waals surface area contributed by atoms with E-state index in [9.17, 15) is 9.59 Å². The summed E-state index contributed by atoms with van der Waals surface area (Å²) in [5.41, 5.74) is 2.35. The molecular weight excluding hydrogens is 318 g/mol. The van der Waals surface area contributed by atoms with Crippen molar-refractivity contribution < 1.29 is 19.4 Å². The van der Waals surface area contributed by atoms with E-state index in [1.807, 2.05) is 30.3 Å². The topological polar surface area (TPSA) is 75.6 Å². The average molecular weight is 339 g/mol. The maximum atomic E-state index is 12.5. The highest BCUT2D eigenvalue weighted by molar-refractivity contribution is 5.98. The standard InChI is InChI=1S/C20H21NO4/c1-13-9-15(11-16(10-13)20(23)24)19(22)21-17-7-8-25-18(12-17)14-5-3-2-4-6-14/h2-6,9-11,17-18H,7-8,12H2,1H3,(H,21,22)(H,23,24). The first-order valence-corrected chi connectivity index (χ1v) is 8.35. The number of carbonyl (C=O) groups is 2. The molecule has 0 spiro atoms. The van der Waals surface area contributed by atoms with Gasteiger partial charge in [-0.15, -0.1) is 0 Å². The number of ether oxygens (including phenoxy) is 1. The Hall–Kier alpha value is -2.66. The summed E-state index contributed by atoms with van der Waals surface area (Å²) >= 11 is 0. The molecule has 2 aromatic carbocycles. The highest BCUT2D eigenvalue weighted by Crippen LogP contribution is 2.28. The molecule has 130 valence electrons. The van der Waals surface area contributed by atoms with Gasteiger partial charge in [-0.1, -0.05) is 30.3 Å². The van der Waals surface area contributed by atoms with Crippen LogP contribution in [0.25, 0.3) is 0 Å². The minimum Gasteiger partial charge on any atom is -0.478 e. The number of carboxylic acids is 1. The Bertz CT molecular complexity index is 773. The van der Waals surface area contributed by atoms with Crippen LogP contribution in [0.3, 0.4) is 0 Å². The van der Waals surface area contributed by atoms with Crippen LogP contribution >= 0.6 is 0 Å². The van der Waals surface area contributed by atoms with E-state index in [-0.39, 0.29) is 23.6 Å². The molecule has 25 heavy (non-hydrogen) atoms. The normalized spacial score (nSPS) is 20.0. The molecule has 2 unspecified atom stereocenters. The molecule has 1 fully saturated rings. The first kappa shape index (κ1) is 17.2. The molecule has 1 aliphatic rings. The second-order valence-corrected chi connectivity index (χ2v) is 6.36. The van der Waals surface area contributed by atoms with Gasteiger partial charge in [0.05, 0.1) is 11.7 Å². The Morgan fingerprint density at radius 3 is 2.56 bits per heavy atom. The highest BCUT2D eigenvalue weighted by Gasteiger charge is 2.25. The third-order valence-corrected chi connectivity index (χ3v) is 4.38. The number of hydrogen-bond acceptors (Lipinski definition) is 3. The van der Waals surface area contributed by atoms with Crippen LogP contribution in [0.4, 0.5) is 0 Å². The zero-order valence-corrected chi connectivity index (χ0v) is 14.1. The van der Waals surface area contributed by atoms with E-state index in [1.54, 1.807) is 19.1 Å². The number of benzene rings is 2. The summed E-state index contributed by atoms with van der Waals surface area (Å²) in [5, 5.41) is 12.2. The molecule has 0 aromatic heterocycles. The molecule has 1 aliphatic heterocycles. The largest absolute Gasteiger partial charge is 0.478 e. The number of carboxylic acid groups (broad SMARTS) is 1. The molecule has 2 aromatic rings. The van der Waals surface area contributed by atoms with E-state index < -0.39 is 5.97 Å². The van der Waals surface area contributed by atoms with Crippen LogP contribution in [0.2, 0.25) is 0 Å². The number of aromatic carboxylic acids is 1. The van der Waals surface area contributed by atoms with Crippen LogP contribution in [-0.2, 0) is 4.74 Å². The van der Waals surface area contributed by atoms with Gasteiger partial charge in [0.25, 0.3) is 5.91 Å². The zero-order chi connectivity index (χ0) is 17.8. The van der Waals surface area contributed by atoms with E-state index in [0.29, 0.717) is 18.6 Å². The second kappa shape index (κ2) is 7.49. The molecule has 1 amide bonds. The van der Waals surface area contributed by atoms with Gasteiger partial charge in [0.1, 0.15) is 0 Å². The minimum absolute atomic E-state index is 0.000228. The Kier molecular flexibility index (Phi) is 5.14. The van der Waals surface area contributed by atoms with Crippen LogP contribution in [0.1, 0.15) is 50.8 Å². The Labute approximate surface area is 146 Å². The predicted octanol–water partition coefficient (Wildman–Crippen LogP) is 3.34. The number of rotatable bonds is 4. The van der Waals surface area contributed by atoms with Gasteiger partial charge in [-0.25, -0.2) is 4.79 Å². The van der Waals surface area contributed by atoms with Crippen LogP contribution in [-0.4, -0.2) is 29.6 Å². The summed E-state index contributed by atoms with van der Waals surface area (Å²) in [6.07, 6.45) is 1.41. The molecule has 0 bridgehead atoms. The van der Waals surface area contributed by atoms with Crippen LogP contribution < -0.4 is 5.32 Å². The lowest BCUT2D eigenvalue weighted by Crippen LogP contribution is -2.39. The molecule has 2 atom stereocenters. The van der Waals surface area contributed by atoms with Crippen molar-refractivity contribution in [2.45, 2.75) is 31.9 Å². The molecule has 0 aliphatic carbocycles. The zero-order valence-electron chi connectivity index (χ0n) is 14.1. The molecule has 1 saturated heterocycles. The van der Waals surface area contributed by atoms with Crippen molar-refractivity contribution in [3.8, 4) is 0 Å². The van der Waals surface area contributed by atoms with Gasteiger partial charge in [-0.3, -0.25) is 4.79 Å². The molecule has 0 radical (unpaired) electrons. The van der Waals surface area contributed by atoms with Crippen molar-refractivity contribution >= 4 is 11.9 Å². The molecule has 3 rings (SSSR count). The molecule has 2 N–H and O–H groups in total. The van der Waals surface area contributed by atoms with E-state index >= 15 is 0 Å². The van der Waals surface area contributed by atoms with Crippen molar-refractivity contribution in [2.24, 2.45) is 0 Å². The third kappa shape index (κ3) is 4.25. The first-order valence-electron chi connectivity index (χ1n) is 8.35. The summed E-state index contributed by atoms with van der Waals surface area (Å²) in [5.74, 6) is -1.28. The van der Waals surface area contributed by atoms with E-state index in [1.165, 1.54) is 6.07 Å². The van der Waals surface area contributed by atoms with Crippen molar-refractivity contribution in [3.63, 3.8) is 0 Å². The van der Waals surface area contributed by atoms with Crippen molar-refractivity contribution in [1.82, 2.24) is 5.32 Å². The lowest BCUT2D eigenvalue weighted by atomic mass is 9.97. The predicted molar refractivity (Wildman–Crippen MR) is 93.8 cm³/mol. The summed E-state index contributed by atoms with van der Waals surface area (Å²) in [4.78, 5) is 23.7. The monoisotopic (exact) mass is 339 g/mol. The van der Waals surface area contributed by atoms with E-state index in [4.69, 9.17) is 9.84 Å². The minimum atomic E-state index is -1.03. The number of carbonyl (C=O) groups excluding carboxylic acids is 1. The quantitative estimate of drug-likeness (QED) is 0.896. The summed E-state index contributed by atoms with van der Waals surface area (Å²) in [7, 11) is 0. The van der Waals surface area contributed by atoms with E-state index in [0.717, 1.165) is 17.5 Å². The average Bonchev–Trinajstić information content (AvgIpc) is 2.62. The SMILES string of the molecule is Cc1cc(C(=O)O)cc(C(=O)NC2CCOC(c3ccccc3)C2)c1. The van der Waals surface area contributed by atoms with Gasteiger partial charge in [0, 0.05) is 18.2 Å². The van der Waals surface area contributed by atoms with Gasteiger partial charge in [0.2, 0.25) is 0 Å². The highest BCUT2D eigenvalue weighted by atomic mass is 16.5.